The summed E-state index contributed by atoms with van der Waals surface area (Å²) < 4.78 is 5.60. The molecule has 1 aliphatic heterocycles. The van der Waals surface area contributed by atoms with E-state index in [0.717, 1.165) is 48.7 Å². The number of amides is 1. The summed E-state index contributed by atoms with van der Waals surface area (Å²) in [6.07, 6.45) is 4.01. The van der Waals surface area contributed by atoms with Crippen LogP contribution in [0.5, 0.6) is 0 Å². The minimum absolute atomic E-state index is 0.173. The Morgan fingerprint density at radius 1 is 1.43 bits per heavy atom. The van der Waals surface area contributed by atoms with Gasteiger partial charge in [0.05, 0.1) is 12.7 Å². The van der Waals surface area contributed by atoms with Crippen molar-refractivity contribution in [3.05, 3.63) is 29.7 Å². The number of aromatic amines is 1. The van der Waals surface area contributed by atoms with Crippen LogP contribution in [0.15, 0.2) is 22.7 Å². The highest BCUT2D eigenvalue weighted by Crippen LogP contribution is 2.23. The lowest BCUT2D eigenvalue weighted by Gasteiger charge is -2.15. The SMILES string of the molecule is Cc1ccc(-c2[nH]ncc2CNCC(=O)N2CCCC2)o1. The third kappa shape index (κ3) is 3.16. The van der Waals surface area contributed by atoms with E-state index in [1.54, 1.807) is 6.20 Å². The lowest BCUT2D eigenvalue weighted by atomic mass is 10.2. The number of likely N-dealkylation sites (tertiary alicyclic amines) is 1. The van der Waals surface area contributed by atoms with Crippen LogP contribution < -0.4 is 5.32 Å². The topological polar surface area (TPSA) is 74.2 Å². The van der Waals surface area contributed by atoms with E-state index in [4.69, 9.17) is 4.42 Å². The minimum atomic E-state index is 0.173. The van der Waals surface area contributed by atoms with Gasteiger partial charge in [-0.05, 0) is 31.9 Å². The molecule has 6 nitrogen and oxygen atoms in total. The number of H-pyrrole nitrogens is 1. The van der Waals surface area contributed by atoms with Gasteiger partial charge >= 0.3 is 0 Å². The molecule has 1 fully saturated rings. The third-order valence-corrected chi connectivity index (χ3v) is 3.76. The number of hydrogen-bond donors (Lipinski definition) is 2. The number of hydrogen-bond acceptors (Lipinski definition) is 4. The van der Waals surface area contributed by atoms with Gasteiger partial charge in [-0.25, -0.2) is 0 Å². The Kier molecular flexibility index (Phi) is 4.06. The van der Waals surface area contributed by atoms with Gasteiger partial charge in [0.15, 0.2) is 5.76 Å². The van der Waals surface area contributed by atoms with Crippen LogP contribution in [0.4, 0.5) is 0 Å². The van der Waals surface area contributed by atoms with Crippen molar-refractivity contribution in [1.82, 2.24) is 20.4 Å². The Morgan fingerprint density at radius 2 is 2.24 bits per heavy atom. The summed E-state index contributed by atoms with van der Waals surface area (Å²) in [6, 6.07) is 3.84. The van der Waals surface area contributed by atoms with Gasteiger partial charge in [0.2, 0.25) is 5.91 Å². The van der Waals surface area contributed by atoms with Crippen molar-refractivity contribution in [2.24, 2.45) is 0 Å². The first kappa shape index (κ1) is 13.9. The molecule has 3 heterocycles. The van der Waals surface area contributed by atoms with E-state index in [1.807, 2.05) is 24.0 Å². The normalized spacial score (nSPS) is 14.8. The Morgan fingerprint density at radius 3 is 2.95 bits per heavy atom. The molecule has 2 aromatic rings. The summed E-state index contributed by atoms with van der Waals surface area (Å²) in [5.41, 5.74) is 1.86. The minimum Gasteiger partial charge on any atom is -0.460 e. The summed E-state index contributed by atoms with van der Waals surface area (Å²) in [6.45, 7) is 4.64. The number of aryl methyl sites for hydroxylation is 1. The zero-order chi connectivity index (χ0) is 14.7. The second-order valence-electron chi connectivity index (χ2n) is 5.37. The molecule has 0 bridgehead atoms. The standard InChI is InChI=1S/C15H20N4O2/c1-11-4-5-13(21-11)15-12(9-17-18-15)8-16-10-14(20)19-6-2-3-7-19/h4-5,9,16H,2-3,6-8,10H2,1H3,(H,17,18). The summed E-state index contributed by atoms with van der Waals surface area (Å²) in [5, 5.41) is 10.2. The van der Waals surface area contributed by atoms with E-state index in [1.165, 1.54) is 0 Å². The lowest BCUT2D eigenvalue weighted by molar-refractivity contribution is -0.129. The molecule has 21 heavy (non-hydrogen) atoms. The average Bonchev–Trinajstić information content (AvgIpc) is 3.19. The van der Waals surface area contributed by atoms with Crippen molar-refractivity contribution in [1.29, 1.82) is 0 Å². The fourth-order valence-corrected chi connectivity index (χ4v) is 2.61. The highest BCUT2D eigenvalue weighted by atomic mass is 16.3. The molecular formula is C15H20N4O2. The van der Waals surface area contributed by atoms with Gasteiger partial charge in [0, 0.05) is 25.2 Å². The van der Waals surface area contributed by atoms with Gasteiger partial charge in [-0.3, -0.25) is 9.89 Å². The average molecular weight is 288 g/mol. The quantitative estimate of drug-likeness (QED) is 0.878. The predicted octanol–water partition coefficient (Wildman–Crippen LogP) is 1.69. The molecule has 6 heteroatoms. The van der Waals surface area contributed by atoms with Gasteiger partial charge < -0.3 is 14.6 Å². The Hall–Kier alpha value is -2.08. The second kappa shape index (κ2) is 6.13. The number of carbonyl (C=O) groups excluding carboxylic acids is 1. The molecule has 0 atom stereocenters. The van der Waals surface area contributed by atoms with Crippen LogP contribution in [0.3, 0.4) is 0 Å². The van der Waals surface area contributed by atoms with Crippen molar-refractivity contribution in [3.8, 4) is 11.5 Å². The molecule has 0 aliphatic carbocycles. The first-order valence-electron chi connectivity index (χ1n) is 7.31. The van der Waals surface area contributed by atoms with E-state index >= 15 is 0 Å². The smallest absolute Gasteiger partial charge is 0.236 e. The first-order valence-corrected chi connectivity index (χ1v) is 7.31. The molecule has 1 aliphatic rings. The van der Waals surface area contributed by atoms with Crippen LogP contribution in [0.1, 0.15) is 24.2 Å². The maximum atomic E-state index is 12.0. The largest absolute Gasteiger partial charge is 0.460 e. The molecule has 0 aromatic carbocycles. The maximum absolute atomic E-state index is 12.0. The number of carbonyl (C=O) groups is 1. The summed E-state index contributed by atoms with van der Waals surface area (Å²) in [7, 11) is 0. The zero-order valence-electron chi connectivity index (χ0n) is 12.2. The Labute approximate surface area is 123 Å². The highest BCUT2D eigenvalue weighted by molar-refractivity contribution is 5.78. The monoisotopic (exact) mass is 288 g/mol. The van der Waals surface area contributed by atoms with Crippen LogP contribution in [0, 0.1) is 6.92 Å². The molecule has 0 unspecified atom stereocenters. The van der Waals surface area contributed by atoms with E-state index in [0.29, 0.717) is 13.1 Å². The van der Waals surface area contributed by atoms with Crippen molar-refractivity contribution >= 4 is 5.91 Å². The molecule has 0 spiro atoms. The Balaban J connectivity index is 1.56. The molecule has 2 aromatic heterocycles. The number of aromatic nitrogens is 2. The van der Waals surface area contributed by atoms with E-state index < -0.39 is 0 Å². The van der Waals surface area contributed by atoms with E-state index in [2.05, 4.69) is 15.5 Å². The van der Waals surface area contributed by atoms with E-state index in [-0.39, 0.29) is 5.91 Å². The van der Waals surface area contributed by atoms with Gasteiger partial charge in [0.25, 0.3) is 0 Å². The van der Waals surface area contributed by atoms with Gasteiger partial charge in [-0.1, -0.05) is 0 Å². The fourth-order valence-electron chi connectivity index (χ4n) is 2.61. The Bertz CT molecular complexity index is 611. The van der Waals surface area contributed by atoms with E-state index in [9.17, 15) is 4.79 Å². The van der Waals surface area contributed by atoms with Crippen LogP contribution in [-0.2, 0) is 11.3 Å². The molecule has 1 amide bonds. The zero-order valence-corrected chi connectivity index (χ0v) is 12.2. The summed E-state index contributed by atoms with van der Waals surface area (Å²) in [5.74, 6) is 1.81. The highest BCUT2D eigenvalue weighted by Gasteiger charge is 2.17. The van der Waals surface area contributed by atoms with Crippen molar-refractivity contribution in [3.63, 3.8) is 0 Å². The van der Waals surface area contributed by atoms with Crippen LogP contribution >= 0.6 is 0 Å². The van der Waals surface area contributed by atoms with Crippen LogP contribution in [0.2, 0.25) is 0 Å². The van der Waals surface area contributed by atoms with Gasteiger partial charge in [-0.15, -0.1) is 0 Å². The molecule has 1 saturated heterocycles. The van der Waals surface area contributed by atoms with Gasteiger partial charge in [-0.2, -0.15) is 5.10 Å². The first-order chi connectivity index (χ1) is 10.2. The third-order valence-electron chi connectivity index (χ3n) is 3.76. The predicted molar refractivity (Wildman–Crippen MR) is 78.5 cm³/mol. The lowest BCUT2D eigenvalue weighted by Crippen LogP contribution is -2.35. The fraction of sp³-hybridized carbons (Fsp3) is 0.467. The van der Waals surface area contributed by atoms with Gasteiger partial charge in [0.1, 0.15) is 11.5 Å². The molecular weight excluding hydrogens is 268 g/mol. The maximum Gasteiger partial charge on any atom is 0.236 e. The summed E-state index contributed by atoms with van der Waals surface area (Å²) in [4.78, 5) is 13.9. The molecule has 0 saturated carbocycles. The van der Waals surface area contributed by atoms with Crippen molar-refractivity contribution in [2.75, 3.05) is 19.6 Å². The number of furan rings is 1. The molecule has 3 rings (SSSR count). The number of rotatable bonds is 5. The number of nitrogens with one attached hydrogen (secondary N) is 2. The molecule has 112 valence electrons. The van der Waals surface area contributed by atoms with Crippen LogP contribution in [0.25, 0.3) is 11.5 Å². The van der Waals surface area contributed by atoms with Crippen molar-refractivity contribution in [2.45, 2.75) is 26.3 Å². The second-order valence-corrected chi connectivity index (χ2v) is 5.37. The number of nitrogens with zero attached hydrogens (tertiary/aromatic N) is 2. The van der Waals surface area contributed by atoms with Crippen molar-refractivity contribution < 1.29 is 9.21 Å². The molecule has 0 radical (unpaired) electrons. The van der Waals surface area contributed by atoms with Crippen LogP contribution in [-0.4, -0.2) is 40.6 Å². The molecule has 2 N–H and O–H groups in total. The summed E-state index contributed by atoms with van der Waals surface area (Å²) >= 11 is 0.